The van der Waals surface area contributed by atoms with Crippen molar-refractivity contribution in [2.75, 3.05) is 6.54 Å². The van der Waals surface area contributed by atoms with Gasteiger partial charge in [-0.3, -0.25) is 4.79 Å². The Morgan fingerprint density at radius 1 is 1.18 bits per heavy atom. The van der Waals surface area contributed by atoms with Gasteiger partial charge in [-0.2, -0.15) is 18.2 Å². The van der Waals surface area contributed by atoms with Gasteiger partial charge in [-0.1, -0.05) is 12.1 Å². The van der Waals surface area contributed by atoms with Crippen molar-refractivity contribution in [1.82, 2.24) is 29.5 Å². The average Bonchev–Trinajstić information content (AvgIpc) is 3.49. The van der Waals surface area contributed by atoms with E-state index in [1.807, 2.05) is 29.2 Å². The summed E-state index contributed by atoms with van der Waals surface area (Å²) in [6.45, 7) is 4.07. The number of fused-ring (bicyclic) bond motifs is 2. The Labute approximate surface area is 191 Å². The first-order valence-electron chi connectivity index (χ1n) is 10.7. The van der Waals surface area contributed by atoms with Crippen LogP contribution in [0.1, 0.15) is 53.1 Å². The zero-order valence-corrected chi connectivity index (χ0v) is 18.9. The fourth-order valence-electron chi connectivity index (χ4n) is 4.42. The van der Waals surface area contributed by atoms with Crippen LogP contribution in [-0.4, -0.2) is 41.9 Å². The van der Waals surface area contributed by atoms with E-state index in [2.05, 4.69) is 15.1 Å². The monoisotopic (exact) mass is 474 g/mol. The molecule has 0 aliphatic carbocycles. The molecule has 1 amide bonds. The van der Waals surface area contributed by atoms with Gasteiger partial charge in [0.2, 0.25) is 5.91 Å². The van der Waals surface area contributed by atoms with E-state index in [0.717, 1.165) is 32.6 Å². The SMILES string of the molecule is Cc1nc2nc(C(F)(F)F)nn2c(C)c1CCC(=O)N1CCC[C@H]1c1nc2ccccc2s1. The van der Waals surface area contributed by atoms with Gasteiger partial charge in [-0.05, 0) is 50.8 Å². The maximum atomic E-state index is 13.1. The molecule has 4 aromatic rings. The van der Waals surface area contributed by atoms with E-state index in [9.17, 15) is 18.0 Å². The standard InChI is InChI=1S/C22H21F3N6OS/c1-12-14(13(2)31-21(26-12)28-20(29-31)22(23,24)25)9-10-18(32)30-11-5-7-16(30)19-27-15-6-3-4-8-17(15)33-19/h3-4,6,8,16H,5,7,9-11H2,1-2H3/t16-/m0/s1. The highest BCUT2D eigenvalue weighted by molar-refractivity contribution is 7.18. The summed E-state index contributed by atoms with van der Waals surface area (Å²) in [4.78, 5) is 27.4. The smallest absolute Gasteiger partial charge is 0.333 e. The van der Waals surface area contributed by atoms with Crippen LogP contribution in [0, 0.1) is 13.8 Å². The number of halogens is 3. The quantitative estimate of drug-likeness (QED) is 0.430. The summed E-state index contributed by atoms with van der Waals surface area (Å²) in [5.41, 5.74) is 2.72. The fraction of sp³-hybridized carbons (Fsp3) is 0.409. The van der Waals surface area contributed by atoms with Gasteiger partial charge in [0.25, 0.3) is 11.6 Å². The van der Waals surface area contributed by atoms with E-state index >= 15 is 0 Å². The second-order valence-electron chi connectivity index (χ2n) is 8.17. The highest BCUT2D eigenvalue weighted by Gasteiger charge is 2.37. The first-order valence-corrected chi connectivity index (χ1v) is 11.5. The van der Waals surface area contributed by atoms with Crippen molar-refractivity contribution in [3.05, 3.63) is 52.0 Å². The predicted molar refractivity (Wildman–Crippen MR) is 117 cm³/mol. The summed E-state index contributed by atoms with van der Waals surface area (Å²) >= 11 is 1.62. The van der Waals surface area contributed by atoms with Crippen LogP contribution < -0.4 is 0 Å². The number of hydrogen-bond acceptors (Lipinski definition) is 6. The van der Waals surface area contributed by atoms with Gasteiger partial charge in [0, 0.05) is 24.4 Å². The molecule has 5 rings (SSSR count). The number of benzene rings is 1. The predicted octanol–water partition coefficient (Wildman–Crippen LogP) is 4.67. The number of nitrogens with zero attached hydrogens (tertiary/aromatic N) is 6. The van der Waals surface area contributed by atoms with Gasteiger partial charge in [-0.25, -0.2) is 14.5 Å². The van der Waals surface area contributed by atoms with Crippen LogP contribution in [0.25, 0.3) is 16.0 Å². The van der Waals surface area contributed by atoms with E-state index < -0.39 is 12.0 Å². The van der Waals surface area contributed by atoms with Crippen LogP contribution in [0.5, 0.6) is 0 Å². The highest BCUT2D eigenvalue weighted by Crippen LogP contribution is 2.37. The van der Waals surface area contributed by atoms with Crippen LogP contribution in [0.3, 0.4) is 0 Å². The Morgan fingerprint density at radius 2 is 1.97 bits per heavy atom. The molecule has 1 aliphatic heterocycles. The number of rotatable bonds is 4. The van der Waals surface area contributed by atoms with Gasteiger partial charge in [-0.15, -0.1) is 16.4 Å². The largest absolute Gasteiger partial charge is 0.453 e. The third-order valence-electron chi connectivity index (χ3n) is 6.06. The number of aromatic nitrogens is 5. The van der Waals surface area contributed by atoms with E-state index in [1.54, 1.807) is 25.2 Å². The molecule has 3 aromatic heterocycles. The first kappa shape index (κ1) is 21.7. The molecule has 1 saturated heterocycles. The molecule has 0 radical (unpaired) electrons. The highest BCUT2D eigenvalue weighted by atomic mass is 32.1. The average molecular weight is 475 g/mol. The minimum Gasteiger partial charge on any atom is -0.333 e. The summed E-state index contributed by atoms with van der Waals surface area (Å²) in [6, 6.07) is 7.89. The van der Waals surface area contributed by atoms with Crippen molar-refractivity contribution in [1.29, 1.82) is 0 Å². The van der Waals surface area contributed by atoms with Gasteiger partial charge < -0.3 is 4.90 Å². The van der Waals surface area contributed by atoms with Crippen molar-refractivity contribution >= 4 is 33.2 Å². The van der Waals surface area contributed by atoms with Crippen LogP contribution in [0.2, 0.25) is 0 Å². The van der Waals surface area contributed by atoms with Crippen molar-refractivity contribution in [3.8, 4) is 0 Å². The third-order valence-corrected chi connectivity index (χ3v) is 7.20. The number of aryl methyl sites for hydroxylation is 2. The van der Waals surface area contributed by atoms with Crippen molar-refractivity contribution in [2.45, 2.75) is 51.7 Å². The molecule has 0 spiro atoms. The molecule has 1 aliphatic rings. The van der Waals surface area contributed by atoms with Gasteiger partial charge >= 0.3 is 6.18 Å². The molecule has 7 nitrogen and oxygen atoms in total. The lowest BCUT2D eigenvalue weighted by molar-refractivity contribution is -0.144. The summed E-state index contributed by atoms with van der Waals surface area (Å²) in [5.74, 6) is -1.31. The molecular formula is C22H21F3N6OS. The molecule has 0 N–H and O–H groups in total. The minimum absolute atomic E-state index is 0.00484. The second kappa shape index (κ2) is 8.05. The molecular weight excluding hydrogens is 453 g/mol. The van der Waals surface area contributed by atoms with Crippen LogP contribution in [0.4, 0.5) is 13.2 Å². The fourth-order valence-corrected chi connectivity index (χ4v) is 5.54. The lowest BCUT2D eigenvalue weighted by Gasteiger charge is -2.23. The van der Waals surface area contributed by atoms with Crippen molar-refractivity contribution < 1.29 is 18.0 Å². The Kier molecular flexibility index (Phi) is 5.31. The van der Waals surface area contributed by atoms with Gasteiger partial charge in [0.15, 0.2) is 0 Å². The Hall–Kier alpha value is -3.08. The number of amides is 1. The van der Waals surface area contributed by atoms with Crippen LogP contribution in [-0.2, 0) is 17.4 Å². The molecule has 1 aromatic carbocycles. The normalized spacial score (nSPS) is 16.9. The number of thiazole rings is 1. The van der Waals surface area contributed by atoms with Gasteiger partial charge in [0.05, 0.1) is 16.3 Å². The molecule has 0 unspecified atom stereocenters. The van der Waals surface area contributed by atoms with E-state index in [1.165, 1.54) is 0 Å². The van der Waals surface area contributed by atoms with E-state index in [4.69, 9.17) is 4.98 Å². The molecule has 0 bridgehead atoms. The first-order chi connectivity index (χ1) is 15.7. The van der Waals surface area contributed by atoms with Crippen molar-refractivity contribution in [2.24, 2.45) is 0 Å². The van der Waals surface area contributed by atoms with E-state index in [-0.39, 0.29) is 24.1 Å². The zero-order valence-electron chi connectivity index (χ0n) is 18.1. The number of likely N-dealkylation sites (tertiary alicyclic amines) is 1. The summed E-state index contributed by atoms with van der Waals surface area (Å²) < 4.78 is 41.2. The van der Waals surface area contributed by atoms with Crippen molar-refractivity contribution in [3.63, 3.8) is 0 Å². The number of hydrogen-bond donors (Lipinski definition) is 0. The maximum absolute atomic E-state index is 13.1. The lowest BCUT2D eigenvalue weighted by atomic mass is 10.1. The number of para-hydroxylation sites is 1. The van der Waals surface area contributed by atoms with Crippen LogP contribution in [0.15, 0.2) is 24.3 Å². The molecule has 0 saturated carbocycles. The third kappa shape index (κ3) is 3.94. The molecule has 1 fully saturated rings. The Morgan fingerprint density at radius 3 is 2.73 bits per heavy atom. The summed E-state index contributed by atoms with van der Waals surface area (Å²) in [6.07, 6.45) is -2.26. The van der Waals surface area contributed by atoms with Crippen LogP contribution >= 0.6 is 11.3 Å². The molecule has 33 heavy (non-hydrogen) atoms. The number of carbonyl (C=O) groups is 1. The minimum atomic E-state index is -4.64. The number of alkyl halides is 3. The Bertz CT molecular complexity index is 1330. The maximum Gasteiger partial charge on any atom is 0.453 e. The summed E-state index contributed by atoms with van der Waals surface area (Å²) in [7, 11) is 0. The van der Waals surface area contributed by atoms with Gasteiger partial charge in [0.1, 0.15) is 5.01 Å². The summed E-state index contributed by atoms with van der Waals surface area (Å²) in [5, 5.41) is 4.52. The molecule has 4 heterocycles. The topological polar surface area (TPSA) is 76.3 Å². The molecule has 11 heteroatoms. The lowest BCUT2D eigenvalue weighted by Crippen LogP contribution is -2.30. The zero-order chi connectivity index (χ0) is 23.3. The Balaban J connectivity index is 1.36. The van der Waals surface area contributed by atoms with E-state index in [0.29, 0.717) is 29.9 Å². The second-order valence-corrected chi connectivity index (χ2v) is 9.23. The molecule has 1 atom stereocenters. The molecule has 172 valence electrons. The number of carbonyl (C=O) groups excluding carboxylic acids is 1.